The van der Waals surface area contributed by atoms with Crippen LogP contribution in [-0.2, 0) is 6.54 Å². The molecule has 0 saturated heterocycles. The summed E-state index contributed by atoms with van der Waals surface area (Å²) in [4.78, 5) is 27.4. The van der Waals surface area contributed by atoms with Crippen molar-refractivity contribution in [3.05, 3.63) is 87.8 Å². The molecule has 0 aliphatic heterocycles. The van der Waals surface area contributed by atoms with Crippen molar-refractivity contribution < 1.29 is 19.7 Å². The van der Waals surface area contributed by atoms with Crippen LogP contribution in [0, 0.1) is 18.3 Å². The first kappa shape index (κ1) is 25.1. The number of nitrogens with one attached hydrogen (secondary N) is 1. The number of aromatic nitrogens is 3. The molecule has 0 aliphatic rings. The molecule has 10 nitrogen and oxygen atoms in total. The van der Waals surface area contributed by atoms with Gasteiger partial charge in [0, 0.05) is 25.2 Å². The lowest BCUT2D eigenvalue weighted by molar-refractivity contribution is 0.0781. The van der Waals surface area contributed by atoms with E-state index in [1.807, 2.05) is 31.2 Å². The van der Waals surface area contributed by atoms with E-state index in [1.165, 1.54) is 15.5 Å². The molecule has 1 aromatic heterocycles. The van der Waals surface area contributed by atoms with Gasteiger partial charge in [-0.2, -0.15) is 10.4 Å². The standard InChI is InChI=1S/C27H25N5O5/c1-17-8-3-5-10-21(17)32-25(29-30-27(32)36)19-14-20(23(34)15-22(19)33)26(35)31(2)16-18-9-4-6-11-24(18)37-13-7-12-28/h3-6,8-11,14-15,33-34H,7,13,16H2,1-2H3,(H,30,36). The number of rotatable bonds is 8. The molecule has 3 aromatic carbocycles. The SMILES string of the molecule is Cc1ccccc1-n1c(-c2cc(C(=O)N(C)Cc3ccccc3OCCC#N)c(O)cc2O)n[nH]c1=O. The van der Waals surface area contributed by atoms with Crippen molar-refractivity contribution in [2.24, 2.45) is 0 Å². The summed E-state index contributed by atoms with van der Waals surface area (Å²) in [5.74, 6) is -0.652. The van der Waals surface area contributed by atoms with Gasteiger partial charge >= 0.3 is 5.69 Å². The molecular formula is C27H25N5O5. The van der Waals surface area contributed by atoms with E-state index >= 15 is 0 Å². The maximum atomic E-state index is 13.4. The van der Waals surface area contributed by atoms with Crippen LogP contribution in [0.4, 0.5) is 0 Å². The van der Waals surface area contributed by atoms with Gasteiger partial charge in [0.1, 0.15) is 23.9 Å². The Bertz CT molecular complexity index is 1550. The number of hydrogen-bond donors (Lipinski definition) is 3. The van der Waals surface area contributed by atoms with E-state index in [2.05, 4.69) is 10.2 Å². The molecule has 4 aromatic rings. The van der Waals surface area contributed by atoms with Gasteiger partial charge in [-0.1, -0.05) is 36.4 Å². The van der Waals surface area contributed by atoms with Crippen molar-refractivity contribution >= 4 is 5.91 Å². The first-order chi connectivity index (χ1) is 17.8. The normalized spacial score (nSPS) is 10.6. The molecule has 0 unspecified atom stereocenters. The topological polar surface area (TPSA) is 144 Å². The molecule has 1 amide bonds. The average molecular weight is 500 g/mol. The number of hydrogen-bond acceptors (Lipinski definition) is 7. The van der Waals surface area contributed by atoms with E-state index in [4.69, 9.17) is 10.00 Å². The van der Waals surface area contributed by atoms with Crippen LogP contribution in [-0.4, -0.2) is 49.4 Å². The zero-order chi connectivity index (χ0) is 26.5. The lowest BCUT2D eigenvalue weighted by Gasteiger charge is -2.20. The smallest absolute Gasteiger partial charge is 0.348 e. The van der Waals surface area contributed by atoms with Crippen molar-refractivity contribution in [3.63, 3.8) is 0 Å². The second kappa shape index (κ2) is 10.7. The van der Waals surface area contributed by atoms with Gasteiger partial charge in [0.2, 0.25) is 0 Å². The Balaban J connectivity index is 1.68. The molecule has 0 atom stereocenters. The molecule has 4 rings (SSSR count). The fourth-order valence-electron chi connectivity index (χ4n) is 3.96. The Morgan fingerprint density at radius 3 is 2.62 bits per heavy atom. The Hall–Kier alpha value is -5.04. The summed E-state index contributed by atoms with van der Waals surface area (Å²) in [6.45, 7) is 2.22. The van der Waals surface area contributed by atoms with Gasteiger partial charge in [0.25, 0.3) is 5.91 Å². The van der Waals surface area contributed by atoms with E-state index in [0.717, 1.165) is 17.2 Å². The Morgan fingerprint density at radius 1 is 1.14 bits per heavy atom. The third-order valence-electron chi connectivity index (χ3n) is 5.81. The minimum absolute atomic E-state index is 0.0787. The lowest BCUT2D eigenvalue weighted by Crippen LogP contribution is -2.26. The van der Waals surface area contributed by atoms with Crippen LogP contribution in [0.1, 0.15) is 27.9 Å². The minimum atomic E-state index is -0.522. The fraction of sp³-hybridized carbons (Fsp3) is 0.185. The monoisotopic (exact) mass is 499 g/mol. The van der Waals surface area contributed by atoms with Crippen LogP contribution in [0.25, 0.3) is 17.1 Å². The summed E-state index contributed by atoms with van der Waals surface area (Å²) >= 11 is 0. The molecule has 0 fully saturated rings. The Morgan fingerprint density at radius 2 is 1.86 bits per heavy atom. The third-order valence-corrected chi connectivity index (χ3v) is 5.81. The summed E-state index contributed by atoms with van der Waals surface area (Å²) in [5, 5.41) is 36.4. The van der Waals surface area contributed by atoms with Crippen LogP contribution in [0.5, 0.6) is 17.2 Å². The lowest BCUT2D eigenvalue weighted by atomic mass is 10.1. The number of ether oxygens (including phenoxy) is 1. The van der Waals surface area contributed by atoms with Gasteiger partial charge in [0.15, 0.2) is 5.82 Å². The number of nitriles is 1. The maximum Gasteiger partial charge on any atom is 0.348 e. The molecule has 0 saturated carbocycles. The number of nitrogens with zero attached hydrogens (tertiary/aromatic N) is 4. The number of para-hydroxylation sites is 2. The van der Waals surface area contributed by atoms with Gasteiger partial charge in [-0.05, 0) is 30.7 Å². The van der Waals surface area contributed by atoms with Gasteiger partial charge in [-0.3, -0.25) is 4.79 Å². The fourth-order valence-corrected chi connectivity index (χ4v) is 3.96. The van der Waals surface area contributed by atoms with E-state index in [1.54, 1.807) is 37.4 Å². The number of benzene rings is 3. The van der Waals surface area contributed by atoms with Crippen molar-refractivity contribution in [3.8, 4) is 40.4 Å². The van der Waals surface area contributed by atoms with Crippen molar-refractivity contribution in [1.82, 2.24) is 19.7 Å². The highest BCUT2D eigenvalue weighted by Crippen LogP contribution is 2.35. The number of aryl methyl sites for hydroxylation is 1. The molecule has 0 aliphatic carbocycles. The van der Waals surface area contributed by atoms with Gasteiger partial charge in [0.05, 0.1) is 29.3 Å². The van der Waals surface area contributed by atoms with Gasteiger partial charge in [-0.25, -0.2) is 14.5 Å². The highest BCUT2D eigenvalue weighted by atomic mass is 16.5. The summed E-state index contributed by atoms with van der Waals surface area (Å²) in [7, 11) is 1.57. The molecule has 0 bridgehead atoms. The summed E-state index contributed by atoms with van der Waals surface area (Å²) in [6, 6.07) is 18.7. The number of phenolic OH excluding ortho intramolecular Hbond substituents is 2. The van der Waals surface area contributed by atoms with Crippen molar-refractivity contribution in [2.45, 2.75) is 19.9 Å². The molecule has 1 heterocycles. The predicted octanol–water partition coefficient (Wildman–Crippen LogP) is 3.51. The highest BCUT2D eigenvalue weighted by Gasteiger charge is 2.24. The molecule has 0 spiro atoms. The maximum absolute atomic E-state index is 13.4. The van der Waals surface area contributed by atoms with E-state index in [9.17, 15) is 19.8 Å². The van der Waals surface area contributed by atoms with Crippen LogP contribution >= 0.6 is 0 Å². The first-order valence-corrected chi connectivity index (χ1v) is 11.4. The molecule has 188 valence electrons. The summed E-state index contributed by atoms with van der Waals surface area (Å²) in [5.41, 5.74) is 1.57. The quantitative estimate of drug-likeness (QED) is 0.315. The second-order valence-corrected chi connectivity index (χ2v) is 8.39. The van der Waals surface area contributed by atoms with Gasteiger partial charge < -0.3 is 19.8 Å². The second-order valence-electron chi connectivity index (χ2n) is 8.39. The molecule has 10 heteroatoms. The average Bonchev–Trinajstić information content (AvgIpc) is 3.26. The highest BCUT2D eigenvalue weighted by molar-refractivity contribution is 5.98. The molecule has 37 heavy (non-hydrogen) atoms. The van der Waals surface area contributed by atoms with Crippen LogP contribution < -0.4 is 10.4 Å². The number of carbonyl (C=O) groups excluding carboxylic acids is 1. The van der Waals surface area contributed by atoms with Crippen LogP contribution in [0.15, 0.2) is 65.5 Å². The number of aromatic hydroxyl groups is 2. The zero-order valence-electron chi connectivity index (χ0n) is 20.3. The van der Waals surface area contributed by atoms with E-state index in [-0.39, 0.29) is 42.3 Å². The van der Waals surface area contributed by atoms with E-state index in [0.29, 0.717) is 11.4 Å². The molecular weight excluding hydrogens is 474 g/mol. The van der Waals surface area contributed by atoms with Gasteiger partial charge in [-0.15, -0.1) is 0 Å². The van der Waals surface area contributed by atoms with E-state index < -0.39 is 17.3 Å². The number of H-pyrrole nitrogens is 1. The summed E-state index contributed by atoms with van der Waals surface area (Å²) < 4.78 is 6.96. The largest absolute Gasteiger partial charge is 0.507 e. The number of amides is 1. The third kappa shape index (κ3) is 5.16. The molecule has 0 radical (unpaired) electrons. The first-order valence-electron chi connectivity index (χ1n) is 11.4. The Kier molecular flexibility index (Phi) is 7.25. The minimum Gasteiger partial charge on any atom is -0.507 e. The van der Waals surface area contributed by atoms with Crippen LogP contribution in [0.2, 0.25) is 0 Å². The number of aromatic amines is 1. The van der Waals surface area contributed by atoms with Crippen LogP contribution in [0.3, 0.4) is 0 Å². The van der Waals surface area contributed by atoms with Crippen molar-refractivity contribution in [1.29, 1.82) is 5.26 Å². The predicted molar refractivity (Wildman–Crippen MR) is 136 cm³/mol. The zero-order valence-corrected chi connectivity index (χ0v) is 20.3. The Labute approximate surface area is 212 Å². The van der Waals surface area contributed by atoms with Crippen molar-refractivity contribution in [2.75, 3.05) is 13.7 Å². The number of carbonyl (C=O) groups is 1. The molecule has 3 N–H and O–H groups in total. The number of phenols is 2. The summed E-state index contributed by atoms with van der Waals surface area (Å²) in [6.07, 6.45) is 0.230.